The highest BCUT2D eigenvalue weighted by Gasteiger charge is 2.16. The van der Waals surface area contributed by atoms with Gasteiger partial charge in [0.25, 0.3) is 0 Å². The lowest BCUT2D eigenvalue weighted by molar-refractivity contribution is 0.111. The van der Waals surface area contributed by atoms with Gasteiger partial charge in [-0.05, 0) is 24.3 Å². The number of fused-ring (bicyclic) bond motifs is 3. The molecular formula is C20H19N5O4. The van der Waals surface area contributed by atoms with Crippen LogP contribution < -0.4 is 19.5 Å². The molecule has 29 heavy (non-hydrogen) atoms. The average Bonchev–Trinajstić information content (AvgIpc) is 3.22. The van der Waals surface area contributed by atoms with Gasteiger partial charge in [-0.15, -0.1) is 5.10 Å². The summed E-state index contributed by atoms with van der Waals surface area (Å²) in [6.07, 6.45) is 0.606. The number of aldehydes is 1. The molecule has 0 saturated heterocycles. The second kappa shape index (κ2) is 7.63. The minimum Gasteiger partial charge on any atom is -0.497 e. The minimum atomic E-state index is 0.0761. The van der Waals surface area contributed by atoms with Crippen LogP contribution in [-0.4, -0.2) is 47.2 Å². The van der Waals surface area contributed by atoms with E-state index in [1.807, 2.05) is 36.4 Å². The summed E-state index contributed by atoms with van der Waals surface area (Å²) in [6.45, 7) is 0.409. The zero-order valence-corrected chi connectivity index (χ0v) is 16.2. The lowest BCUT2D eigenvalue weighted by Gasteiger charge is -2.13. The number of para-hydroxylation sites is 1. The van der Waals surface area contributed by atoms with Crippen LogP contribution in [0.1, 0.15) is 16.2 Å². The molecule has 148 valence electrons. The molecule has 1 N–H and O–H groups in total. The molecule has 0 bridgehead atoms. The van der Waals surface area contributed by atoms with Crippen molar-refractivity contribution in [1.82, 2.24) is 19.6 Å². The Balaban J connectivity index is 1.80. The lowest BCUT2D eigenvalue weighted by atomic mass is 10.2. The van der Waals surface area contributed by atoms with Gasteiger partial charge in [0, 0.05) is 23.6 Å². The van der Waals surface area contributed by atoms with Crippen LogP contribution in [-0.2, 0) is 6.54 Å². The number of aromatic nitrogens is 4. The zero-order chi connectivity index (χ0) is 20.4. The second-order valence-corrected chi connectivity index (χ2v) is 6.15. The Morgan fingerprint density at radius 1 is 1.03 bits per heavy atom. The molecule has 0 aliphatic rings. The molecule has 0 unspecified atom stereocenters. The number of ether oxygens (including phenoxy) is 3. The number of rotatable bonds is 7. The van der Waals surface area contributed by atoms with Crippen LogP contribution in [0, 0.1) is 0 Å². The summed E-state index contributed by atoms with van der Waals surface area (Å²) >= 11 is 0. The van der Waals surface area contributed by atoms with Gasteiger partial charge in [-0.25, -0.2) is 9.97 Å². The first-order valence-corrected chi connectivity index (χ1v) is 8.82. The van der Waals surface area contributed by atoms with Crippen LogP contribution >= 0.6 is 0 Å². The number of carbonyl (C=O) groups excluding carboxylic acids is 1. The van der Waals surface area contributed by atoms with Gasteiger partial charge in [-0.2, -0.15) is 4.52 Å². The van der Waals surface area contributed by atoms with E-state index in [2.05, 4.69) is 20.4 Å². The topological polar surface area (TPSA) is 99.9 Å². The molecule has 9 nitrogen and oxygen atoms in total. The van der Waals surface area contributed by atoms with E-state index in [0.717, 1.165) is 10.9 Å². The highest BCUT2D eigenvalue weighted by molar-refractivity contribution is 5.96. The van der Waals surface area contributed by atoms with E-state index in [4.69, 9.17) is 14.2 Å². The Morgan fingerprint density at radius 2 is 1.86 bits per heavy atom. The molecule has 0 spiro atoms. The highest BCUT2D eigenvalue weighted by atomic mass is 16.5. The first kappa shape index (κ1) is 18.5. The van der Waals surface area contributed by atoms with Crippen molar-refractivity contribution in [1.29, 1.82) is 0 Å². The standard InChI is InChI=1S/C20H19N5O4/c1-27-13-8-7-12(16(9-13)29-3)10-21-20-23-18-14(5-4-6-15(18)28-2)19-22-17(11-26)24-25(19)20/h4-9,11H,10H2,1-3H3,(H,21,23). The predicted octanol–water partition coefficient (Wildman–Crippen LogP) is 2.73. The third kappa shape index (κ3) is 3.27. The number of nitrogens with one attached hydrogen (secondary N) is 1. The lowest BCUT2D eigenvalue weighted by Crippen LogP contribution is -2.09. The Hall–Kier alpha value is -3.88. The van der Waals surface area contributed by atoms with Crippen LogP contribution in [0.3, 0.4) is 0 Å². The van der Waals surface area contributed by atoms with Crippen LogP contribution in [0.2, 0.25) is 0 Å². The van der Waals surface area contributed by atoms with Crippen molar-refractivity contribution in [3.05, 3.63) is 47.8 Å². The van der Waals surface area contributed by atoms with Crippen molar-refractivity contribution >= 4 is 28.8 Å². The van der Waals surface area contributed by atoms with E-state index in [1.54, 1.807) is 21.3 Å². The summed E-state index contributed by atoms with van der Waals surface area (Å²) in [5.41, 5.74) is 2.04. The normalized spacial score (nSPS) is 10.9. The van der Waals surface area contributed by atoms with Gasteiger partial charge in [-0.1, -0.05) is 6.07 Å². The van der Waals surface area contributed by atoms with Crippen LogP contribution in [0.15, 0.2) is 36.4 Å². The highest BCUT2D eigenvalue weighted by Crippen LogP contribution is 2.29. The van der Waals surface area contributed by atoms with E-state index in [0.29, 0.717) is 47.2 Å². The molecule has 2 heterocycles. The molecule has 4 aromatic rings. The SMILES string of the molecule is COc1ccc(CNc2nc3c(OC)cccc3c3nc(C=O)nn23)c(OC)c1. The number of benzene rings is 2. The van der Waals surface area contributed by atoms with Crippen LogP contribution in [0.5, 0.6) is 17.2 Å². The fourth-order valence-electron chi connectivity index (χ4n) is 3.12. The maximum absolute atomic E-state index is 11.2. The van der Waals surface area contributed by atoms with E-state index in [9.17, 15) is 4.79 Å². The maximum Gasteiger partial charge on any atom is 0.226 e. The van der Waals surface area contributed by atoms with E-state index < -0.39 is 0 Å². The Labute approximate surface area is 166 Å². The smallest absolute Gasteiger partial charge is 0.226 e. The summed E-state index contributed by atoms with van der Waals surface area (Å²) < 4.78 is 17.6. The molecule has 2 aromatic carbocycles. The Kier molecular flexibility index (Phi) is 4.86. The van der Waals surface area contributed by atoms with Crippen LogP contribution in [0.4, 0.5) is 5.95 Å². The summed E-state index contributed by atoms with van der Waals surface area (Å²) in [6, 6.07) is 11.1. The molecular weight excluding hydrogens is 374 g/mol. The number of hydrogen-bond acceptors (Lipinski definition) is 8. The van der Waals surface area contributed by atoms with Gasteiger partial charge in [0.2, 0.25) is 11.8 Å². The summed E-state index contributed by atoms with van der Waals surface area (Å²) in [5, 5.41) is 8.23. The van der Waals surface area contributed by atoms with E-state index >= 15 is 0 Å². The zero-order valence-electron chi connectivity index (χ0n) is 16.2. The Morgan fingerprint density at radius 3 is 2.59 bits per heavy atom. The molecule has 9 heteroatoms. The third-order valence-corrected chi connectivity index (χ3v) is 4.54. The average molecular weight is 393 g/mol. The predicted molar refractivity (Wildman–Crippen MR) is 107 cm³/mol. The quantitative estimate of drug-likeness (QED) is 0.479. The van der Waals surface area contributed by atoms with Gasteiger partial charge in [0.15, 0.2) is 11.9 Å². The molecule has 4 rings (SSSR count). The molecule has 0 atom stereocenters. The van der Waals surface area contributed by atoms with Gasteiger partial charge < -0.3 is 19.5 Å². The monoisotopic (exact) mass is 393 g/mol. The van der Waals surface area contributed by atoms with Crippen molar-refractivity contribution < 1.29 is 19.0 Å². The van der Waals surface area contributed by atoms with Crippen molar-refractivity contribution in [3.63, 3.8) is 0 Å². The summed E-state index contributed by atoms with van der Waals surface area (Å²) in [4.78, 5) is 20.2. The number of nitrogens with zero attached hydrogens (tertiary/aromatic N) is 4. The maximum atomic E-state index is 11.2. The number of anilines is 1. The first-order valence-electron chi connectivity index (χ1n) is 8.82. The fraction of sp³-hybridized carbons (Fsp3) is 0.200. The van der Waals surface area contributed by atoms with Crippen molar-refractivity contribution in [2.24, 2.45) is 0 Å². The van der Waals surface area contributed by atoms with Crippen molar-refractivity contribution in [2.45, 2.75) is 6.54 Å². The second-order valence-electron chi connectivity index (χ2n) is 6.15. The molecule has 2 aromatic heterocycles. The van der Waals surface area contributed by atoms with Crippen molar-refractivity contribution in [3.8, 4) is 17.2 Å². The minimum absolute atomic E-state index is 0.0761. The summed E-state index contributed by atoms with van der Waals surface area (Å²) in [7, 11) is 4.78. The molecule has 0 aliphatic carbocycles. The molecule has 0 saturated carbocycles. The molecule has 0 amide bonds. The fourth-order valence-corrected chi connectivity index (χ4v) is 3.12. The molecule has 0 radical (unpaired) electrons. The van der Waals surface area contributed by atoms with Crippen LogP contribution in [0.25, 0.3) is 16.6 Å². The largest absolute Gasteiger partial charge is 0.497 e. The number of carbonyl (C=O) groups is 1. The van der Waals surface area contributed by atoms with E-state index in [-0.39, 0.29) is 5.82 Å². The Bertz CT molecular complexity index is 1200. The van der Waals surface area contributed by atoms with Gasteiger partial charge >= 0.3 is 0 Å². The molecule has 0 aliphatic heterocycles. The number of methoxy groups -OCH3 is 3. The van der Waals surface area contributed by atoms with E-state index in [1.165, 1.54) is 4.52 Å². The summed E-state index contributed by atoms with van der Waals surface area (Å²) in [5.74, 6) is 2.49. The van der Waals surface area contributed by atoms with Gasteiger partial charge in [0.1, 0.15) is 22.8 Å². The van der Waals surface area contributed by atoms with Gasteiger partial charge in [-0.3, -0.25) is 4.79 Å². The third-order valence-electron chi connectivity index (χ3n) is 4.54. The number of hydrogen-bond donors (Lipinski definition) is 1. The molecule has 0 fully saturated rings. The van der Waals surface area contributed by atoms with Gasteiger partial charge in [0.05, 0.1) is 21.3 Å². The van der Waals surface area contributed by atoms with Crippen molar-refractivity contribution in [2.75, 3.05) is 26.6 Å². The first-order chi connectivity index (χ1) is 14.2.